The molecule has 0 saturated heterocycles. The Balaban J connectivity index is 0.000000490. The van der Waals surface area contributed by atoms with Crippen molar-refractivity contribution in [3.8, 4) is 0 Å². The second-order valence-electron chi connectivity index (χ2n) is 1.30. The van der Waals surface area contributed by atoms with Gasteiger partial charge >= 0.3 is 0 Å². The van der Waals surface area contributed by atoms with Crippen molar-refractivity contribution < 1.29 is 20.4 Å². The van der Waals surface area contributed by atoms with Crippen LogP contribution in [0.5, 0.6) is 0 Å². The molecule has 0 N–H and O–H groups in total. The molecular weight excluding hydrogens is 274 g/mol. The molecule has 1 aromatic heterocycles. The molecule has 0 spiro atoms. The number of aromatic nitrogens is 2. The summed E-state index contributed by atoms with van der Waals surface area (Å²) in [6, 6.07) is 1.83. The molecular formula is C5H5N2Re-. The summed E-state index contributed by atoms with van der Waals surface area (Å²) in [6.07, 6.45) is 4.13. The molecule has 1 aromatic rings. The van der Waals surface area contributed by atoms with Gasteiger partial charge in [-0.15, -0.1) is 6.07 Å². The monoisotopic (exact) mass is 280 g/mol. The zero-order chi connectivity index (χ0) is 5.11. The van der Waals surface area contributed by atoms with Crippen LogP contribution in [0.15, 0.2) is 12.3 Å². The van der Waals surface area contributed by atoms with Crippen molar-refractivity contribution in [3.63, 3.8) is 0 Å². The quantitative estimate of drug-likeness (QED) is 0.649. The predicted octanol–water partition coefficient (Wildman–Crippen LogP) is 0.583. The van der Waals surface area contributed by atoms with E-state index in [1.807, 2.05) is 13.0 Å². The Morgan fingerprint density at radius 1 is 1.62 bits per heavy atom. The van der Waals surface area contributed by atoms with Crippen LogP contribution in [-0.2, 0) is 20.4 Å². The van der Waals surface area contributed by atoms with Crippen molar-refractivity contribution in [3.05, 3.63) is 24.3 Å². The fraction of sp³-hybridized carbons (Fsp3) is 0.200. The van der Waals surface area contributed by atoms with E-state index < -0.39 is 0 Å². The molecule has 0 amide bonds. The maximum Gasteiger partial charge on any atom is 0.0215 e. The van der Waals surface area contributed by atoms with Gasteiger partial charge in [-0.2, -0.15) is 0 Å². The normalized spacial score (nSPS) is 7.62. The van der Waals surface area contributed by atoms with Crippen LogP contribution in [0.2, 0.25) is 0 Å². The van der Waals surface area contributed by atoms with Crippen molar-refractivity contribution in [2.24, 2.45) is 0 Å². The number of aryl methyl sites for hydroxylation is 1. The van der Waals surface area contributed by atoms with Crippen LogP contribution in [-0.4, -0.2) is 9.97 Å². The maximum atomic E-state index is 3.74. The Bertz CT molecular complexity index is 140. The Morgan fingerprint density at radius 2 is 2.38 bits per heavy atom. The smallest absolute Gasteiger partial charge is 0.0215 e. The summed E-state index contributed by atoms with van der Waals surface area (Å²) in [4.78, 5) is 7.35. The van der Waals surface area contributed by atoms with Crippen LogP contribution < -0.4 is 0 Å². The summed E-state index contributed by atoms with van der Waals surface area (Å²) in [5, 5.41) is 0. The van der Waals surface area contributed by atoms with Crippen LogP contribution in [0.3, 0.4) is 0 Å². The minimum absolute atomic E-state index is 0. The summed E-state index contributed by atoms with van der Waals surface area (Å²) in [5.41, 5.74) is 0.954. The Morgan fingerprint density at radius 3 is 2.62 bits per heavy atom. The number of hydrogen-bond donors (Lipinski definition) is 0. The van der Waals surface area contributed by atoms with Gasteiger partial charge in [0.05, 0.1) is 0 Å². The molecule has 0 aliphatic heterocycles. The van der Waals surface area contributed by atoms with Crippen molar-refractivity contribution in [2.45, 2.75) is 6.92 Å². The minimum Gasteiger partial charge on any atom is -0.374 e. The summed E-state index contributed by atoms with van der Waals surface area (Å²) in [7, 11) is 0. The summed E-state index contributed by atoms with van der Waals surface area (Å²) < 4.78 is 0. The molecule has 0 aliphatic carbocycles. The molecule has 1 rings (SSSR count). The zero-order valence-electron chi connectivity index (χ0n) is 4.43. The van der Waals surface area contributed by atoms with Crippen LogP contribution in [0.1, 0.15) is 5.69 Å². The topological polar surface area (TPSA) is 25.8 Å². The van der Waals surface area contributed by atoms with Crippen molar-refractivity contribution in [2.75, 3.05) is 0 Å². The van der Waals surface area contributed by atoms with Crippen LogP contribution in [0, 0.1) is 13.3 Å². The first-order valence-corrected chi connectivity index (χ1v) is 2.05. The molecule has 43 valence electrons. The molecule has 0 unspecified atom stereocenters. The van der Waals surface area contributed by atoms with E-state index in [1.54, 1.807) is 6.20 Å². The Hall–Kier alpha value is -0.258. The fourth-order valence-corrected chi connectivity index (χ4v) is 0.323. The largest absolute Gasteiger partial charge is 0.374 e. The third-order valence-electron chi connectivity index (χ3n) is 0.674. The molecule has 0 atom stereocenters. The molecule has 1 radical (unpaired) electrons. The van der Waals surface area contributed by atoms with Crippen molar-refractivity contribution in [1.82, 2.24) is 9.97 Å². The zero-order valence-corrected chi connectivity index (χ0v) is 7.14. The van der Waals surface area contributed by atoms with Crippen molar-refractivity contribution >= 4 is 0 Å². The predicted molar refractivity (Wildman–Crippen MR) is 25.6 cm³/mol. The third kappa shape index (κ3) is 2.15. The molecule has 1 heterocycles. The van der Waals surface area contributed by atoms with Crippen LogP contribution in [0.25, 0.3) is 0 Å². The third-order valence-corrected chi connectivity index (χ3v) is 0.674. The molecule has 8 heavy (non-hydrogen) atoms. The van der Waals surface area contributed by atoms with Crippen LogP contribution >= 0.6 is 0 Å². The van der Waals surface area contributed by atoms with Gasteiger partial charge in [0.15, 0.2) is 0 Å². The van der Waals surface area contributed by atoms with E-state index in [9.17, 15) is 0 Å². The van der Waals surface area contributed by atoms with E-state index in [4.69, 9.17) is 0 Å². The molecule has 2 nitrogen and oxygen atoms in total. The Labute approximate surface area is 62.0 Å². The first-order chi connectivity index (χ1) is 3.39. The summed E-state index contributed by atoms with van der Waals surface area (Å²) in [5.74, 6) is 0. The van der Waals surface area contributed by atoms with Gasteiger partial charge in [0.25, 0.3) is 0 Å². The average molecular weight is 279 g/mol. The van der Waals surface area contributed by atoms with Gasteiger partial charge in [-0.1, -0.05) is 18.8 Å². The molecule has 3 heteroatoms. The number of hydrogen-bond acceptors (Lipinski definition) is 2. The molecule has 0 fully saturated rings. The van der Waals surface area contributed by atoms with E-state index in [1.165, 1.54) is 0 Å². The number of nitrogens with zero attached hydrogens (tertiary/aromatic N) is 2. The SMILES string of the molecule is Cc1ccn[c-]n1.[Re]. The van der Waals surface area contributed by atoms with E-state index in [2.05, 4.69) is 16.3 Å². The minimum atomic E-state index is 0. The van der Waals surface area contributed by atoms with Gasteiger partial charge in [0, 0.05) is 26.8 Å². The van der Waals surface area contributed by atoms with E-state index in [-0.39, 0.29) is 20.4 Å². The van der Waals surface area contributed by atoms with E-state index >= 15 is 0 Å². The van der Waals surface area contributed by atoms with Gasteiger partial charge in [0.1, 0.15) is 0 Å². The van der Waals surface area contributed by atoms with Gasteiger partial charge in [-0.3, -0.25) is 0 Å². The fourth-order valence-electron chi connectivity index (χ4n) is 0.323. The average Bonchev–Trinajstić information content (AvgIpc) is 1.69. The van der Waals surface area contributed by atoms with Gasteiger partial charge in [0.2, 0.25) is 0 Å². The van der Waals surface area contributed by atoms with E-state index in [0.29, 0.717) is 0 Å². The number of rotatable bonds is 0. The first-order valence-electron chi connectivity index (χ1n) is 2.05. The standard InChI is InChI=1S/C5H5N2.Re/c1-5-2-3-6-4-7-5;/h2-3H,1H3;/q-1;. The summed E-state index contributed by atoms with van der Waals surface area (Å²) in [6.45, 7) is 1.90. The maximum absolute atomic E-state index is 3.74. The molecule has 0 aliphatic rings. The van der Waals surface area contributed by atoms with Crippen LogP contribution in [0.4, 0.5) is 0 Å². The summed E-state index contributed by atoms with van der Waals surface area (Å²) >= 11 is 0. The Kier molecular flexibility index (Phi) is 3.59. The van der Waals surface area contributed by atoms with Gasteiger partial charge in [-0.25, -0.2) is 0 Å². The molecule has 0 bridgehead atoms. The van der Waals surface area contributed by atoms with E-state index in [0.717, 1.165) is 5.69 Å². The second kappa shape index (κ2) is 3.71. The van der Waals surface area contributed by atoms with Gasteiger partial charge in [-0.05, 0) is 0 Å². The molecule has 0 aromatic carbocycles. The van der Waals surface area contributed by atoms with Crippen molar-refractivity contribution in [1.29, 1.82) is 0 Å². The second-order valence-corrected chi connectivity index (χ2v) is 1.30. The first kappa shape index (κ1) is 7.74. The molecule has 0 saturated carbocycles. The van der Waals surface area contributed by atoms with Gasteiger partial charge < -0.3 is 9.97 Å².